The number of rotatable bonds is 7. The third-order valence-electron chi connectivity index (χ3n) is 7.64. The lowest BCUT2D eigenvalue weighted by Gasteiger charge is -2.23. The molecule has 1 aliphatic carbocycles. The highest BCUT2D eigenvalue weighted by atomic mass is 127. The van der Waals surface area contributed by atoms with Gasteiger partial charge < -0.3 is 10.6 Å². The van der Waals surface area contributed by atoms with Crippen molar-refractivity contribution in [1.29, 1.82) is 5.26 Å². The largest absolute Gasteiger partial charge is 0.413 e. The number of nitriles is 1. The molecule has 6 rings (SSSR count). The second kappa shape index (κ2) is 10.6. The van der Waals surface area contributed by atoms with Crippen LogP contribution in [-0.2, 0) is 5.54 Å². The molecule has 2 aromatic carbocycles. The molecule has 2 N–H and O–H groups in total. The van der Waals surface area contributed by atoms with Crippen molar-refractivity contribution in [3.05, 3.63) is 81.4 Å². The first-order valence-electron chi connectivity index (χ1n) is 13.8. The summed E-state index contributed by atoms with van der Waals surface area (Å²) in [5.74, 6) is 0. The van der Waals surface area contributed by atoms with Crippen LogP contribution in [-0.4, -0.2) is 37.7 Å². The second-order valence-electron chi connectivity index (χ2n) is 12.0. The van der Waals surface area contributed by atoms with Crippen molar-refractivity contribution in [2.75, 3.05) is 17.2 Å². The number of hydrogen-bond acceptors (Lipinski definition) is 7. The summed E-state index contributed by atoms with van der Waals surface area (Å²) in [5.41, 5.74) is 2.35. The molecule has 8 nitrogen and oxygen atoms in total. The number of fused-ring (bicyclic) bond motifs is 2. The number of hydrogen-bond donors (Lipinski definition) is 2. The summed E-state index contributed by atoms with van der Waals surface area (Å²) in [4.78, 5) is 9.03. The molecular weight excluding hydrogens is 668 g/mol. The number of anilines is 2. The lowest BCUT2D eigenvalue weighted by molar-refractivity contribution is -0.182. The van der Waals surface area contributed by atoms with Crippen LogP contribution in [0, 0.1) is 20.3 Å². The SMILES string of the molecule is CC(C)(C)CNc1c(C#N)cnc2c(I)cc(N[C@H](c3cn(C4(C(F)(F)F)CC4)nn3)c3cccc4ncccc34)cc12. The first-order chi connectivity index (χ1) is 20.4. The minimum atomic E-state index is -4.43. The molecule has 1 fully saturated rings. The molecule has 1 aliphatic rings. The van der Waals surface area contributed by atoms with Gasteiger partial charge in [0.15, 0.2) is 5.54 Å². The fraction of sp³-hybridized carbons (Fsp3) is 0.323. The molecule has 3 aromatic heterocycles. The van der Waals surface area contributed by atoms with Crippen LogP contribution in [0.2, 0.25) is 0 Å². The molecule has 0 spiro atoms. The average Bonchev–Trinajstić information content (AvgIpc) is 3.65. The molecular formula is C31H28F3IN8. The molecule has 0 unspecified atom stereocenters. The molecule has 5 aromatic rings. The Kier molecular flexibility index (Phi) is 7.19. The molecule has 0 bridgehead atoms. The Morgan fingerprint density at radius 2 is 1.88 bits per heavy atom. The van der Waals surface area contributed by atoms with E-state index in [1.54, 1.807) is 12.4 Å². The average molecular weight is 697 g/mol. The van der Waals surface area contributed by atoms with E-state index in [1.165, 1.54) is 6.20 Å². The van der Waals surface area contributed by atoms with Gasteiger partial charge in [0.25, 0.3) is 0 Å². The van der Waals surface area contributed by atoms with Gasteiger partial charge in [-0.2, -0.15) is 18.4 Å². The van der Waals surface area contributed by atoms with Gasteiger partial charge >= 0.3 is 6.18 Å². The highest BCUT2D eigenvalue weighted by Crippen LogP contribution is 2.55. The highest BCUT2D eigenvalue weighted by molar-refractivity contribution is 14.1. The Morgan fingerprint density at radius 3 is 2.58 bits per heavy atom. The van der Waals surface area contributed by atoms with Gasteiger partial charge in [0.1, 0.15) is 11.8 Å². The number of aromatic nitrogens is 5. The molecule has 1 atom stereocenters. The molecule has 220 valence electrons. The Balaban J connectivity index is 1.49. The minimum Gasteiger partial charge on any atom is -0.383 e. The smallest absolute Gasteiger partial charge is 0.383 e. The summed E-state index contributed by atoms with van der Waals surface area (Å²) in [5, 5.41) is 26.7. The molecule has 12 heteroatoms. The van der Waals surface area contributed by atoms with Gasteiger partial charge in [-0.1, -0.05) is 44.2 Å². The third-order valence-corrected chi connectivity index (χ3v) is 8.46. The van der Waals surface area contributed by atoms with Crippen molar-refractivity contribution < 1.29 is 13.2 Å². The summed E-state index contributed by atoms with van der Waals surface area (Å²) in [6.45, 7) is 6.94. The van der Waals surface area contributed by atoms with Crippen molar-refractivity contribution in [3.63, 3.8) is 0 Å². The number of nitrogens with one attached hydrogen (secondary N) is 2. The van der Waals surface area contributed by atoms with E-state index >= 15 is 0 Å². The Labute approximate surface area is 259 Å². The second-order valence-corrected chi connectivity index (χ2v) is 13.2. The monoisotopic (exact) mass is 696 g/mol. The summed E-state index contributed by atoms with van der Waals surface area (Å²) in [6.07, 6.45) is 0.170. The predicted octanol–water partition coefficient (Wildman–Crippen LogP) is 7.56. The maximum Gasteiger partial charge on any atom is 0.413 e. The summed E-state index contributed by atoms with van der Waals surface area (Å²) in [6, 6.07) is 14.8. The number of pyridine rings is 2. The van der Waals surface area contributed by atoms with E-state index in [4.69, 9.17) is 0 Å². The van der Waals surface area contributed by atoms with Gasteiger partial charge in [0.2, 0.25) is 0 Å². The first kappa shape index (κ1) is 29.1. The molecule has 43 heavy (non-hydrogen) atoms. The predicted molar refractivity (Wildman–Crippen MR) is 168 cm³/mol. The molecule has 0 saturated heterocycles. The van der Waals surface area contributed by atoms with Crippen LogP contribution < -0.4 is 10.6 Å². The lowest BCUT2D eigenvalue weighted by atomic mass is 9.96. The fourth-order valence-electron chi connectivity index (χ4n) is 5.21. The first-order valence-corrected chi connectivity index (χ1v) is 14.8. The zero-order valence-corrected chi connectivity index (χ0v) is 25.8. The molecule has 1 saturated carbocycles. The maximum atomic E-state index is 14.0. The third kappa shape index (κ3) is 5.46. The number of alkyl halides is 3. The molecule has 0 aliphatic heterocycles. The van der Waals surface area contributed by atoms with E-state index in [0.717, 1.165) is 35.6 Å². The quantitative estimate of drug-likeness (QED) is 0.169. The number of benzene rings is 2. The van der Waals surface area contributed by atoms with Crippen molar-refractivity contribution in [2.45, 2.75) is 51.4 Å². The van der Waals surface area contributed by atoms with Gasteiger partial charge in [0.05, 0.1) is 34.5 Å². The van der Waals surface area contributed by atoms with Crippen molar-refractivity contribution in [2.24, 2.45) is 5.41 Å². The minimum absolute atomic E-state index is 0.0307. The fourth-order valence-corrected chi connectivity index (χ4v) is 5.97. The highest BCUT2D eigenvalue weighted by Gasteiger charge is 2.66. The van der Waals surface area contributed by atoms with Crippen LogP contribution >= 0.6 is 22.6 Å². The summed E-state index contributed by atoms with van der Waals surface area (Å²) in [7, 11) is 0. The van der Waals surface area contributed by atoms with E-state index in [0.29, 0.717) is 29.2 Å². The van der Waals surface area contributed by atoms with Gasteiger partial charge in [0, 0.05) is 39.0 Å². The lowest BCUT2D eigenvalue weighted by Crippen LogP contribution is -2.35. The van der Waals surface area contributed by atoms with E-state index < -0.39 is 17.8 Å². The van der Waals surface area contributed by atoms with Gasteiger partial charge in [-0.3, -0.25) is 9.97 Å². The normalized spacial score (nSPS) is 15.3. The van der Waals surface area contributed by atoms with E-state index in [9.17, 15) is 18.4 Å². The van der Waals surface area contributed by atoms with Gasteiger partial charge in [-0.15, -0.1) is 5.10 Å². The topological polar surface area (TPSA) is 104 Å². The zero-order valence-electron chi connectivity index (χ0n) is 23.7. The van der Waals surface area contributed by atoms with Crippen molar-refractivity contribution in [3.8, 4) is 6.07 Å². The summed E-state index contributed by atoms with van der Waals surface area (Å²) >= 11 is 2.21. The number of nitrogens with zero attached hydrogens (tertiary/aromatic N) is 6. The van der Waals surface area contributed by atoms with Crippen LogP contribution in [0.15, 0.2) is 61.1 Å². The Hall–Kier alpha value is -3.99. The number of halogens is 4. The van der Waals surface area contributed by atoms with Crippen LogP contribution in [0.1, 0.15) is 56.5 Å². The van der Waals surface area contributed by atoms with E-state index in [2.05, 4.69) is 80.3 Å². The standard InChI is InChI=1S/C31H28F3IN8/c1-29(2,3)17-39-26-18(14-36)15-38-27-22(26)12-19(13-23(27)35)40-28(21-6-4-8-24-20(21)7-5-11-37-24)25-16-43(42-41-25)30(9-10-30)31(32,33)34/h4-8,11-13,15-16,28,40H,9-10,17H2,1-3H3,(H,38,39)/t28-/m0/s1. The van der Waals surface area contributed by atoms with Gasteiger partial charge in [-0.05, 0) is 70.7 Å². The van der Waals surface area contributed by atoms with E-state index in [1.807, 2.05) is 42.5 Å². The molecule has 3 heterocycles. The van der Waals surface area contributed by atoms with E-state index in [-0.39, 0.29) is 18.3 Å². The van der Waals surface area contributed by atoms with Crippen molar-refractivity contribution >= 4 is 55.8 Å². The summed E-state index contributed by atoms with van der Waals surface area (Å²) < 4.78 is 43.7. The van der Waals surface area contributed by atoms with Crippen LogP contribution in [0.25, 0.3) is 21.8 Å². The Morgan fingerprint density at radius 1 is 1.09 bits per heavy atom. The van der Waals surface area contributed by atoms with Gasteiger partial charge in [-0.25, -0.2) is 4.68 Å². The van der Waals surface area contributed by atoms with Crippen LogP contribution in [0.5, 0.6) is 0 Å². The van der Waals surface area contributed by atoms with Crippen LogP contribution in [0.4, 0.5) is 24.5 Å². The molecule has 0 amide bonds. The Bertz CT molecular complexity index is 1880. The van der Waals surface area contributed by atoms with Crippen LogP contribution in [0.3, 0.4) is 0 Å². The van der Waals surface area contributed by atoms with Crippen molar-refractivity contribution in [1.82, 2.24) is 25.0 Å². The zero-order chi connectivity index (χ0) is 30.6. The maximum absolute atomic E-state index is 14.0. The molecule has 0 radical (unpaired) electrons.